The molecule has 2 aliphatic heterocycles. The van der Waals surface area contributed by atoms with Crippen molar-refractivity contribution in [2.45, 2.75) is 12.5 Å². The maximum Gasteiger partial charge on any atom is 0.222 e. The molecule has 2 N–H and O–H groups in total. The fourth-order valence-corrected chi connectivity index (χ4v) is 3.54. The van der Waals surface area contributed by atoms with Crippen LogP contribution < -0.4 is 10.2 Å². The molecule has 1 aromatic heterocycles. The molecular formula is C21H20N4O2. The number of aliphatic imine (C=N–C) groups is 1. The van der Waals surface area contributed by atoms with Gasteiger partial charge < -0.3 is 19.9 Å². The van der Waals surface area contributed by atoms with E-state index >= 15 is 0 Å². The highest BCUT2D eigenvalue weighted by Crippen LogP contribution is 2.30. The molecule has 1 atom stereocenters. The van der Waals surface area contributed by atoms with Crippen LogP contribution in [-0.2, 0) is 4.74 Å². The molecule has 0 saturated carbocycles. The van der Waals surface area contributed by atoms with Gasteiger partial charge in [-0.05, 0) is 35.9 Å². The Bertz CT molecular complexity index is 1020. The molecule has 27 heavy (non-hydrogen) atoms. The van der Waals surface area contributed by atoms with E-state index in [4.69, 9.17) is 9.47 Å². The lowest BCUT2D eigenvalue weighted by Gasteiger charge is -2.09. The number of hydrogen-bond donors (Lipinski definition) is 2. The van der Waals surface area contributed by atoms with Gasteiger partial charge in [-0.25, -0.2) is 4.99 Å². The van der Waals surface area contributed by atoms with Crippen LogP contribution >= 0.6 is 0 Å². The van der Waals surface area contributed by atoms with E-state index in [0.717, 1.165) is 35.5 Å². The van der Waals surface area contributed by atoms with Crippen LogP contribution in [0.1, 0.15) is 23.6 Å². The number of hydrazone groups is 1. The minimum Gasteiger partial charge on any atom is -0.484 e. The first-order valence-electron chi connectivity index (χ1n) is 9.14. The molecule has 3 aromatic rings. The first kappa shape index (κ1) is 15.9. The van der Waals surface area contributed by atoms with Crippen molar-refractivity contribution >= 4 is 22.5 Å². The van der Waals surface area contributed by atoms with Crippen molar-refractivity contribution in [1.82, 2.24) is 10.4 Å². The van der Waals surface area contributed by atoms with Gasteiger partial charge in [-0.3, -0.25) is 0 Å². The lowest BCUT2D eigenvalue weighted by Crippen LogP contribution is -2.11. The maximum atomic E-state index is 5.72. The smallest absolute Gasteiger partial charge is 0.222 e. The first-order valence-corrected chi connectivity index (χ1v) is 9.14. The Kier molecular flexibility index (Phi) is 4.01. The number of hydrogen-bond acceptors (Lipinski definition) is 5. The minimum absolute atomic E-state index is 0.185. The van der Waals surface area contributed by atoms with E-state index < -0.39 is 0 Å². The second kappa shape index (κ2) is 6.79. The summed E-state index contributed by atoms with van der Waals surface area (Å²) >= 11 is 0. The first-order chi connectivity index (χ1) is 13.4. The topological polar surface area (TPSA) is 71.0 Å². The lowest BCUT2D eigenvalue weighted by atomic mass is 9.99. The molecule has 0 radical (unpaired) electrons. The molecule has 2 aromatic carbocycles. The van der Waals surface area contributed by atoms with Crippen LogP contribution in [0, 0.1) is 0 Å². The number of rotatable bonds is 5. The third kappa shape index (κ3) is 3.14. The monoisotopic (exact) mass is 360 g/mol. The van der Waals surface area contributed by atoms with E-state index in [2.05, 4.69) is 44.9 Å². The average Bonchev–Trinajstić information content (AvgIpc) is 3.46. The van der Waals surface area contributed by atoms with Gasteiger partial charge in [0, 0.05) is 29.1 Å². The van der Waals surface area contributed by atoms with E-state index in [9.17, 15) is 0 Å². The molecule has 0 saturated heterocycles. The zero-order valence-corrected chi connectivity index (χ0v) is 14.8. The summed E-state index contributed by atoms with van der Waals surface area (Å²) in [4.78, 5) is 7.56. The van der Waals surface area contributed by atoms with Gasteiger partial charge in [-0.2, -0.15) is 5.10 Å². The van der Waals surface area contributed by atoms with Crippen LogP contribution in [0.3, 0.4) is 0 Å². The standard InChI is InChI=1S/C21H20N4O2/c1-2-4-18-16(3-1)17(12-23-18)20-11-19(24-25-20)14-5-7-15(8-6-14)27-13-21-22-9-10-26-21/h1-8,12,20,23,25H,9-11,13H2. The average molecular weight is 360 g/mol. The molecule has 0 fully saturated rings. The summed E-state index contributed by atoms with van der Waals surface area (Å²) in [6.45, 7) is 1.76. The Balaban J connectivity index is 1.26. The van der Waals surface area contributed by atoms with Gasteiger partial charge in [0.2, 0.25) is 5.90 Å². The van der Waals surface area contributed by atoms with Crippen LogP contribution in [0.2, 0.25) is 0 Å². The molecule has 5 rings (SSSR count). The third-order valence-corrected chi connectivity index (χ3v) is 4.95. The summed E-state index contributed by atoms with van der Waals surface area (Å²) in [5, 5.41) is 5.80. The Morgan fingerprint density at radius 1 is 1.11 bits per heavy atom. The number of aromatic amines is 1. The van der Waals surface area contributed by atoms with Crippen molar-refractivity contribution in [1.29, 1.82) is 0 Å². The van der Waals surface area contributed by atoms with Crippen LogP contribution in [0.5, 0.6) is 5.75 Å². The number of aromatic nitrogens is 1. The maximum absolute atomic E-state index is 5.72. The van der Waals surface area contributed by atoms with Gasteiger partial charge in [-0.1, -0.05) is 18.2 Å². The highest BCUT2D eigenvalue weighted by Gasteiger charge is 2.23. The zero-order valence-electron chi connectivity index (χ0n) is 14.8. The minimum atomic E-state index is 0.185. The Morgan fingerprint density at radius 3 is 2.85 bits per heavy atom. The Hall–Kier alpha value is -3.28. The van der Waals surface area contributed by atoms with Gasteiger partial charge in [0.25, 0.3) is 0 Å². The van der Waals surface area contributed by atoms with Crippen LogP contribution in [0.25, 0.3) is 10.9 Å². The van der Waals surface area contributed by atoms with Crippen LogP contribution in [-0.4, -0.2) is 36.4 Å². The van der Waals surface area contributed by atoms with Gasteiger partial charge in [0.05, 0.1) is 18.3 Å². The summed E-state index contributed by atoms with van der Waals surface area (Å²) in [5.74, 6) is 1.47. The lowest BCUT2D eigenvalue weighted by molar-refractivity contribution is 0.293. The normalized spacial score (nSPS) is 18.7. The highest BCUT2D eigenvalue weighted by atomic mass is 16.5. The summed E-state index contributed by atoms with van der Waals surface area (Å²) in [7, 11) is 0. The second-order valence-electron chi connectivity index (χ2n) is 6.67. The molecule has 1 unspecified atom stereocenters. The molecule has 0 bridgehead atoms. The molecule has 6 heteroatoms. The van der Waals surface area contributed by atoms with Crippen molar-refractivity contribution in [2.24, 2.45) is 10.1 Å². The molecule has 0 aliphatic carbocycles. The van der Waals surface area contributed by atoms with E-state index in [1.54, 1.807) is 0 Å². The number of nitrogens with one attached hydrogen (secondary N) is 2. The second-order valence-corrected chi connectivity index (χ2v) is 6.67. The number of H-pyrrole nitrogens is 1. The van der Waals surface area contributed by atoms with Crippen molar-refractivity contribution in [3.8, 4) is 5.75 Å². The van der Waals surface area contributed by atoms with E-state index in [1.165, 1.54) is 10.9 Å². The largest absolute Gasteiger partial charge is 0.484 e. The zero-order chi connectivity index (χ0) is 18.1. The van der Waals surface area contributed by atoms with E-state index in [1.807, 2.05) is 30.3 Å². The summed E-state index contributed by atoms with van der Waals surface area (Å²) in [6, 6.07) is 16.6. The van der Waals surface area contributed by atoms with Gasteiger partial charge in [0.15, 0.2) is 6.61 Å². The number of fused-ring (bicyclic) bond motifs is 1. The van der Waals surface area contributed by atoms with Crippen molar-refractivity contribution in [3.05, 3.63) is 65.9 Å². The molecule has 136 valence electrons. The van der Waals surface area contributed by atoms with Gasteiger partial charge in [-0.15, -0.1) is 0 Å². The molecule has 0 amide bonds. The predicted octanol–water partition coefficient (Wildman–Crippen LogP) is 3.41. The van der Waals surface area contributed by atoms with Crippen molar-refractivity contribution in [2.75, 3.05) is 19.8 Å². The van der Waals surface area contributed by atoms with Crippen LogP contribution in [0.15, 0.2) is 64.8 Å². The van der Waals surface area contributed by atoms with Crippen molar-refractivity contribution in [3.63, 3.8) is 0 Å². The van der Waals surface area contributed by atoms with Gasteiger partial charge in [0.1, 0.15) is 12.4 Å². The Labute approximate surface area is 156 Å². The number of para-hydroxylation sites is 1. The fraction of sp³-hybridized carbons (Fsp3) is 0.238. The summed E-state index contributed by atoms with van der Waals surface area (Å²) < 4.78 is 11.1. The van der Waals surface area contributed by atoms with Gasteiger partial charge >= 0.3 is 0 Å². The van der Waals surface area contributed by atoms with Crippen LogP contribution in [0.4, 0.5) is 0 Å². The SMILES string of the molecule is c1ccc2c(C3CC(c4ccc(OCC5=NCCO5)cc4)=NN3)c[nH]c2c1. The number of benzene rings is 2. The fourth-order valence-electron chi connectivity index (χ4n) is 3.54. The number of nitrogens with zero attached hydrogens (tertiary/aromatic N) is 2. The molecular weight excluding hydrogens is 340 g/mol. The summed E-state index contributed by atoms with van der Waals surface area (Å²) in [6.07, 6.45) is 2.93. The molecule has 3 heterocycles. The highest BCUT2D eigenvalue weighted by molar-refractivity contribution is 6.02. The van der Waals surface area contributed by atoms with E-state index in [-0.39, 0.29) is 6.04 Å². The van der Waals surface area contributed by atoms with E-state index in [0.29, 0.717) is 19.1 Å². The number of ether oxygens (including phenoxy) is 2. The molecule has 2 aliphatic rings. The molecule has 6 nitrogen and oxygen atoms in total. The molecule has 0 spiro atoms. The summed E-state index contributed by atoms with van der Waals surface area (Å²) in [5.41, 5.74) is 7.84. The third-order valence-electron chi connectivity index (χ3n) is 4.95. The predicted molar refractivity (Wildman–Crippen MR) is 106 cm³/mol. The Morgan fingerprint density at radius 2 is 2.00 bits per heavy atom. The quantitative estimate of drug-likeness (QED) is 0.732. The van der Waals surface area contributed by atoms with Crippen molar-refractivity contribution < 1.29 is 9.47 Å².